The molecule has 0 aromatic heterocycles. The largest absolute Gasteiger partial charge is 0.316 e. The van der Waals surface area contributed by atoms with Gasteiger partial charge in [-0.15, -0.1) is 6.58 Å². The first-order valence-corrected chi connectivity index (χ1v) is 2.60. The first-order chi connectivity index (χ1) is 3.43. The molecular formula is C6H10N. The van der Waals surface area contributed by atoms with Crippen LogP contribution in [0, 0.1) is 12.3 Å². The lowest BCUT2D eigenvalue weighted by Gasteiger charge is -2.24. The van der Waals surface area contributed by atoms with Gasteiger partial charge in [0, 0.05) is 0 Å². The Labute approximate surface area is 44.4 Å². The molecule has 0 aliphatic carbocycles. The van der Waals surface area contributed by atoms with Crippen LogP contribution in [0.25, 0.3) is 0 Å². The molecular weight excluding hydrogens is 88.1 g/mol. The summed E-state index contributed by atoms with van der Waals surface area (Å²) in [6.07, 6.45) is 4.00. The highest BCUT2D eigenvalue weighted by atomic mass is 15.4. The summed E-state index contributed by atoms with van der Waals surface area (Å²) in [4.78, 5) is 0. The van der Waals surface area contributed by atoms with E-state index >= 15 is 0 Å². The maximum atomic E-state index is 3.60. The van der Waals surface area contributed by atoms with Crippen molar-refractivity contribution >= 4 is 0 Å². The summed E-state index contributed by atoms with van der Waals surface area (Å²) in [5.41, 5.74) is 0. The highest BCUT2D eigenvalue weighted by Crippen LogP contribution is 2.05. The van der Waals surface area contributed by atoms with Gasteiger partial charge in [-0.05, 0) is 25.4 Å². The van der Waals surface area contributed by atoms with Gasteiger partial charge < -0.3 is 5.32 Å². The molecule has 1 aliphatic rings. The summed E-state index contributed by atoms with van der Waals surface area (Å²) < 4.78 is 0. The van der Waals surface area contributed by atoms with Crippen LogP contribution in [0.2, 0.25) is 0 Å². The Morgan fingerprint density at radius 3 is 2.71 bits per heavy atom. The molecule has 0 saturated carbocycles. The van der Waals surface area contributed by atoms with Crippen LogP contribution in [0.1, 0.15) is 0 Å². The lowest BCUT2D eigenvalue weighted by atomic mass is 10.2. The minimum Gasteiger partial charge on any atom is -0.316 e. The second-order valence-electron chi connectivity index (χ2n) is 1.85. The smallest absolute Gasteiger partial charge is 0.000238 e. The van der Waals surface area contributed by atoms with E-state index in [-0.39, 0.29) is 0 Å². The van der Waals surface area contributed by atoms with Crippen molar-refractivity contribution in [1.82, 2.24) is 5.32 Å². The number of hydrogen-bond donors (Lipinski definition) is 1. The number of rotatable bonds is 2. The van der Waals surface area contributed by atoms with E-state index in [0.717, 1.165) is 19.0 Å². The van der Waals surface area contributed by atoms with E-state index < -0.39 is 0 Å². The minimum absolute atomic E-state index is 0.775. The van der Waals surface area contributed by atoms with Gasteiger partial charge in [0.05, 0.1) is 0 Å². The normalized spacial score (nSPS) is 28.9. The molecule has 7 heavy (non-hydrogen) atoms. The van der Waals surface area contributed by atoms with E-state index in [4.69, 9.17) is 0 Å². The van der Waals surface area contributed by atoms with Crippen molar-refractivity contribution in [3.8, 4) is 0 Å². The van der Waals surface area contributed by atoms with Crippen LogP contribution in [0.15, 0.2) is 12.7 Å². The summed E-state index contributed by atoms with van der Waals surface area (Å²) in [5, 5.41) is 3.17. The van der Waals surface area contributed by atoms with E-state index in [9.17, 15) is 0 Å². The predicted octanol–water partition coefficient (Wildman–Crippen LogP) is 0.596. The van der Waals surface area contributed by atoms with Crippen molar-refractivity contribution in [2.45, 2.75) is 0 Å². The Kier molecular flexibility index (Phi) is 1.47. The van der Waals surface area contributed by atoms with E-state index in [1.165, 1.54) is 0 Å². The molecule has 1 unspecified atom stereocenters. The summed E-state index contributed by atoms with van der Waals surface area (Å²) in [6, 6.07) is 0. The van der Waals surface area contributed by atoms with Gasteiger partial charge in [-0.25, -0.2) is 0 Å². The van der Waals surface area contributed by atoms with Crippen LogP contribution >= 0.6 is 0 Å². The molecule has 1 fully saturated rings. The van der Waals surface area contributed by atoms with Crippen LogP contribution in [0.5, 0.6) is 0 Å². The Balaban J connectivity index is 2.03. The molecule has 1 nitrogen and oxygen atoms in total. The highest BCUT2D eigenvalue weighted by molar-refractivity contribution is 4.97. The molecule has 1 N–H and O–H groups in total. The fourth-order valence-electron chi connectivity index (χ4n) is 0.640. The van der Waals surface area contributed by atoms with Crippen molar-refractivity contribution in [3.05, 3.63) is 19.1 Å². The third-order valence-corrected chi connectivity index (χ3v) is 1.22. The van der Waals surface area contributed by atoms with E-state index in [2.05, 4.69) is 18.3 Å². The molecule has 0 amide bonds. The lowest BCUT2D eigenvalue weighted by Crippen LogP contribution is -2.41. The van der Waals surface area contributed by atoms with Gasteiger partial charge in [0.25, 0.3) is 0 Å². The molecule has 1 rings (SSSR count). The van der Waals surface area contributed by atoms with Crippen LogP contribution in [-0.2, 0) is 0 Å². The molecule has 1 saturated heterocycles. The average Bonchev–Trinajstić information content (AvgIpc) is 1.55. The van der Waals surface area contributed by atoms with Gasteiger partial charge in [0.2, 0.25) is 0 Å². The molecule has 39 valence electrons. The van der Waals surface area contributed by atoms with Crippen molar-refractivity contribution in [1.29, 1.82) is 0 Å². The second kappa shape index (κ2) is 2.12. The maximum Gasteiger partial charge on any atom is -0.000238 e. The molecule has 0 aromatic carbocycles. The van der Waals surface area contributed by atoms with Crippen molar-refractivity contribution in [2.75, 3.05) is 13.1 Å². The Morgan fingerprint density at radius 1 is 1.86 bits per heavy atom. The number of hydrogen-bond acceptors (Lipinski definition) is 1. The molecule has 1 heteroatoms. The molecule has 1 atom stereocenters. The van der Waals surface area contributed by atoms with Gasteiger partial charge >= 0.3 is 0 Å². The van der Waals surface area contributed by atoms with Crippen LogP contribution in [0.3, 0.4) is 0 Å². The zero-order valence-corrected chi connectivity index (χ0v) is 4.35. The Morgan fingerprint density at radius 2 is 2.57 bits per heavy atom. The van der Waals surface area contributed by atoms with Gasteiger partial charge in [0.15, 0.2) is 0 Å². The SMILES string of the molecule is C=C[CH]C1CN[14CH2]1. The topological polar surface area (TPSA) is 12.0 Å². The molecule has 0 aromatic rings. The van der Waals surface area contributed by atoms with Gasteiger partial charge in [-0.2, -0.15) is 0 Å². The molecule has 1 radical (unpaired) electrons. The van der Waals surface area contributed by atoms with Crippen LogP contribution in [-0.4, -0.2) is 13.1 Å². The fraction of sp³-hybridized carbons (Fsp3) is 0.500. The molecule has 0 bridgehead atoms. The third-order valence-electron chi connectivity index (χ3n) is 1.22. The molecule has 1 aliphatic heterocycles. The van der Waals surface area contributed by atoms with Crippen molar-refractivity contribution < 1.29 is 0 Å². The van der Waals surface area contributed by atoms with Crippen LogP contribution in [0.4, 0.5) is 0 Å². The zero-order chi connectivity index (χ0) is 5.11. The zero-order valence-electron chi connectivity index (χ0n) is 4.35. The summed E-state index contributed by atoms with van der Waals surface area (Å²) >= 11 is 0. The number of nitrogens with one attached hydrogen (secondary N) is 1. The summed E-state index contributed by atoms with van der Waals surface area (Å²) in [6.45, 7) is 5.89. The standard InChI is InChI=1S/C6H10N/c1-2-3-6-4-7-5-6/h2-3,6-7H,1,4-5H2/i4+2. The first kappa shape index (κ1) is 4.85. The van der Waals surface area contributed by atoms with Gasteiger partial charge in [-0.3, -0.25) is 0 Å². The van der Waals surface area contributed by atoms with Gasteiger partial charge in [-0.1, -0.05) is 6.08 Å². The number of allylic oxidation sites excluding steroid dienone is 1. The fourth-order valence-corrected chi connectivity index (χ4v) is 0.640. The Bertz CT molecular complexity index is 64.6. The van der Waals surface area contributed by atoms with Crippen molar-refractivity contribution in [3.63, 3.8) is 0 Å². The van der Waals surface area contributed by atoms with E-state index in [0.29, 0.717) is 0 Å². The van der Waals surface area contributed by atoms with Crippen molar-refractivity contribution in [2.24, 2.45) is 5.92 Å². The minimum atomic E-state index is 0.775. The lowest BCUT2D eigenvalue weighted by molar-refractivity contribution is 0.401. The van der Waals surface area contributed by atoms with Crippen LogP contribution < -0.4 is 5.32 Å². The van der Waals surface area contributed by atoms with E-state index in [1.807, 2.05) is 6.08 Å². The monoisotopic (exact) mass is 98.1 g/mol. The second-order valence-corrected chi connectivity index (χ2v) is 1.85. The predicted molar refractivity (Wildman–Crippen MR) is 30.9 cm³/mol. The Hall–Kier alpha value is -0.300. The molecule has 1 heterocycles. The average molecular weight is 98.1 g/mol. The summed E-state index contributed by atoms with van der Waals surface area (Å²) in [5.74, 6) is 0.775. The highest BCUT2D eigenvalue weighted by Gasteiger charge is 2.13. The molecule has 0 spiro atoms. The maximum absolute atomic E-state index is 3.60. The first-order valence-electron chi connectivity index (χ1n) is 2.60. The quantitative estimate of drug-likeness (QED) is 0.533. The third kappa shape index (κ3) is 1.03. The van der Waals surface area contributed by atoms with Gasteiger partial charge in [0.1, 0.15) is 0 Å². The summed E-state index contributed by atoms with van der Waals surface area (Å²) in [7, 11) is 0. The van der Waals surface area contributed by atoms with E-state index in [1.54, 1.807) is 0 Å².